The van der Waals surface area contributed by atoms with E-state index in [2.05, 4.69) is 23.2 Å². The molecule has 1 saturated heterocycles. The van der Waals surface area contributed by atoms with Crippen molar-refractivity contribution in [3.63, 3.8) is 0 Å². The predicted molar refractivity (Wildman–Crippen MR) is 79.9 cm³/mol. The molecular weight excluding hydrogens is 252 g/mol. The van der Waals surface area contributed by atoms with E-state index in [1.807, 2.05) is 6.92 Å². The number of nitrogens with two attached hydrogens (primary N) is 1. The topological polar surface area (TPSA) is 82.2 Å². The molecule has 1 aliphatic rings. The van der Waals surface area contributed by atoms with Crippen molar-refractivity contribution >= 4 is 5.91 Å². The highest BCUT2D eigenvalue weighted by molar-refractivity contribution is 5.76. The van der Waals surface area contributed by atoms with E-state index in [-0.39, 0.29) is 11.8 Å². The zero-order valence-electron chi connectivity index (χ0n) is 12.8. The van der Waals surface area contributed by atoms with Gasteiger partial charge in [0, 0.05) is 6.54 Å². The summed E-state index contributed by atoms with van der Waals surface area (Å²) in [4.78, 5) is 13.5. The summed E-state index contributed by atoms with van der Waals surface area (Å²) in [5, 5.41) is 12.6. The molecule has 3 N–H and O–H groups in total. The van der Waals surface area contributed by atoms with Gasteiger partial charge >= 0.3 is 0 Å². The number of nitriles is 1. The van der Waals surface area contributed by atoms with Gasteiger partial charge < -0.3 is 10.6 Å². The molecule has 1 aliphatic heterocycles. The van der Waals surface area contributed by atoms with E-state index in [1.54, 1.807) is 0 Å². The van der Waals surface area contributed by atoms with E-state index >= 15 is 0 Å². The van der Waals surface area contributed by atoms with Crippen molar-refractivity contribution in [3.05, 3.63) is 0 Å². The average Bonchev–Trinajstić information content (AvgIpc) is 2.45. The normalized spacial score (nSPS) is 22.9. The number of carbonyl (C=O) groups excluding carboxylic acids is 1. The third-order valence-electron chi connectivity index (χ3n) is 4.07. The van der Waals surface area contributed by atoms with Gasteiger partial charge in [-0.15, -0.1) is 0 Å². The molecule has 1 rings (SSSR count). The third-order valence-corrected chi connectivity index (χ3v) is 4.07. The van der Waals surface area contributed by atoms with Crippen molar-refractivity contribution in [1.29, 1.82) is 5.26 Å². The van der Waals surface area contributed by atoms with Gasteiger partial charge in [-0.3, -0.25) is 10.1 Å². The number of carbonyl (C=O) groups is 1. The van der Waals surface area contributed by atoms with Crippen LogP contribution in [0.4, 0.5) is 0 Å². The Labute approximate surface area is 122 Å². The Morgan fingerprint density at radius 2 is 2.35 bits per heavy atom. The maximum atomic E-state index is 11.2. The lowest BCUT2D eigenvalue weighted by molar-refractivity contribution is -0.123. The van der Waals surface area contributed by atoms with Gasteiger partial charge in [-0.25, -0.2) is 0 Å². The molecule has 0 aromatic carbocycles. The highest BCUT2D eigenvalue weighted by Gasteiger charge is 2.25. The van der Waals surface area contributed by atoms with Crippen molar-refractivity contribution in [1.82, 2.24) is 10.2 Å². The van der Waals surface area contributed by atoms with Crippen LogP contribution in [0.2, 0.25) is 0 Å². The van der Waals surface area contributed by atoms with Crippen LogP contribution in [-0.4, -0.2) is 42.5 Å². The number of amides is 1. The quantitative estimate of drug-likeness (QED) is 0.701. The number of hydrogen-bond acceptors (Lipinski definition) is 4. The fourth-order valence-electron chi connectivity index (χ4n) is 2.73. The van der Waals surface area contributed by atoms with Crippen LogP contribution in [-0.2, 0) is 4.79 Å². The summed E-state index contributed by atoms with van der Waals surface area (Å²) in [6.45, 7) is 7.69. The van der Waals surface area contributed by atoms with Crippen molar-refractivity contribution in [2.45, 2.75) is 51.5 Å². The minimum Gasteiger partial charge on any atom is -0.369 e. The molecule has 20 heavy (non-hydrogen) atoms. The molecule has 5 heteroatoms. The van der Waals surface area contributed by atoms with Gasteiger partial charge in [-0.2, -0.15) is 5.26 Å². The van der Waals surface area contributed by atoms with Crippen LogP contribution in [0.5, 0.6) is 0 Å². The van der Waals surface area contributed by atoms with Crippen LogP contribution in [0.15, 0.2) is 0 Å². The Balaban J connectivity index is 2.32. The molecule has 0 aromatic rings. The first-order chi connectivity index (χ1) is 9.50. The molecule has 0 saturated carbocycles. The lowest BCUT2D eigenvalue weighted by Crippen LogP contribution is -2.44. The molecule has 114 valence electrons. The maximum absolute atomic E-state index is 11.2. The van der Waals surface area contributed by atoms with Crippen molar-refractivity contribution in [2.24, 2.45) is 11.7 Å². The summed E-state index contributed by atoms with van der Waals surface area (Å²) >= 11 is 0. The molecule has 0 radical (unpaired) electrons. The summed E-state index contributed by atoms with van der Waals surface area (Å²) in [5.74, 6) is -0.175. The summed E-state index contributed by atoms with van der Waals surface area (Å²) < 4.78 is 0. The number of primary amides is 1. The Bertz CT molecular complexity index is 352. The van der Waals surface area contributed by atoms with E-state index in [1.165, 1.54) is 0 Å². The second-order valence-electron chi connectivity index (χ2n) is 6.02. The van der Waals surface area contributed by atoms with Gasteiger partial charge in [0.25, 0.3) is 0 Å². The van der Waals surface area contributed by atoms with Crippen molar-refractivity contribution in [2.75, 3.05) is 26.2 Å². The van der Waals surface area contributed by atoms with Crippen LogP contribution < -0.4 is 11.1 Å². The van der Waals surface area contributed by atoms with E-state index < -0.39 is 5.54 Å². The summed E-state index contributed by atoms with van der Waals surface area (Å²) in [5.41, 5.74) is 4.95. The van der Waals surface area contributed by atoms with Gasteiger partial charge in [-0.1, -0.05) is 6.92 Å². The smallest absolute Gasteiger partial charge is 0.221 e. The molecule has 2 atom stereocenters. The summed E-state index contributed by atoms with van der Waals surface area (Å²) in [6.07, 6.45) is 4.79. The first-order valence-corrected chi connectivity index (χ1v) is 7.68. The predicted octanol–water partition coefficient (Wildman–Crippen LogP) is 1.25. The van der Waals surface area contributed by atoms with E-state index in [9.17, 15) is 10.1 Å². The minimum atomic E-state index is -0.436. The first kappa shape index (κ1) is 16.9. The number of hydrogen-bond donors (Lipinski definition) is 2. The molecule has 1 heterocycles. The molecule has 1 amide bonds. The standard InChI is InChI=1S/C15H28N4O/c1-3-8-18-15(2,12-16)7-5-10-19-9-4-6-13(11-19)14(17)20/h13,18H,3-11H2,1-2H3,(H2,17,20). The van der Waals surface area contributed by atoms with Crippen LogP contribution in [0.25, 0.3) is 0 Å². The third kappa shape index (κ3) is 5.48. The molecule has 2 unspecified atom stereocenters. The van der Waals surface area contributed by atoms with Crippen molar-refractivity contribution in [3.8, 4) is 6.07 Å². The number of nitrogens with one attached hydrogen (secondary N) is 1. The summed E-state index contributed by atoms with van der Waals surface area (Å²) in [7, 11) is 0. The number of likely N-dealkylation sites (tertiary alicyclic amines) is 1. The average molecular weight is 280 g/mol. The highest BCUT2D eigenvalue weighted by atomic mass is 16.1. The Hall–Kier alpha value is -1.12. The molecule has 1 fully saturated rings. The van der Waals surface area contributed by atoms with Crippen LogP contribution >= 0.6 is 0 Å². The molecule has 0 aliphatic carbocycles. The van der Waals surface area contributed by atoms with Gasteiger partial charge in [-0.05, 0) is 58.7 Å². The maximum Gasteiger partial charge on any atom is 0.221 e. The number of piperidine rings is 1. The van der Waals surface area contributed by atoms with Gasteiger partial charge in [0.2, 0.25) is 5.91 Å². The van der Waals surface area contributed by atoms with Crippen LogP contribution in [0.1, 0.15) is 46.0 Å². The molecular formula is C15H28N4O. The molecule has 0 aromatic heterocycles. The van der Waals surface area contributed by atoms with Crippen LogP contribution in [0, 0.1) is 17.2 Å². The zero-order valence-corrected chi connectivity index (χ0v) is 12.8. The van der Waals surface area contributed by atoms with E-state index in [0.717, 1.165) is 58.3 Å². The molecule has 0 bridgehead atoms. The lowest BCUT2D eigenvalue weighted by atomic mass is 9.95. The van der Waals surface area contributed by atoms with Crippen molar-refractivity contribution < 1.29 is 4.79 Å². The molecule has 5 nitrogen and oxygen atoms in total. The Morgan fingerprint density at radius 3 is 2.95 bits per heavy atom. The number of rotatable bonds is 8. The highest BCUT2D eigenvalue weighted by Crippen LogP contribution is 2.18. The fourth-order valence-corrected chi connectivity index (χ4v) is 2.73. The Kier molecular flexibility index (Phi) is 6.97. The van der Waals surface area contributed by atoms with Gasteiger partial charge in [0.1, 0.15) is 5.54 Å². The second-order valence-corrected chi connectivity index (χ2v) is 6.02. The van der Waals surface area contributed by atoms with Crippen LogP contribution in [0.3, 0.4) is 0 Å². The SMILES string of the molecule is CCCNC(C)(C#N)CCCN1CCCC(C(N)=O)C1. The Morgan fingerprint density at radius 1 is 1.60 bits per heavy atom. The van der Waals surface area contributed by atoms with E-state index in [0.29, 0.717) is 0 Å². The minimum absolute atomic E-state index is 0.00400. The summed E-state index contributed by atoms with van der Waals surface area (Å²) in [6, 6.07) is 2.37. The van der Waals surface area contributed by atoms with Gasteiger partial charge in [0.05, 0.1) is 12.0 Å². The van der Waals surface area contributed by atoms with E-state index in [4.69, 9.17) is 5.73 Å². The monoisotopic (exact) mass is 280 g/mol. The second kappa shape index (κ2) is 8.23. The first-order valence-electron chi connectivity index (χ1n) is 7.68. The molecule has 0 spiro atoms. The fraction of sp³-hybridized carbons (Fsp3) is 0.867. The van der Waals surface area contributed by atoms with Gasteiger partial charge in [0.15, 0.2) is 0 Å². The lowest BCUT2D eigenvalue weighted by Gasteiger charge is -2.32. The largest absolute Gasteiger partial charge is 0.369 e. The zero-order chi connectivity index (χ0) is 15.0. The number of nitrogens with zero attached hydrogens (tertiary/aromatic N) is 2.